The molecule has 126 valence electrons. The van der Waals surface area contributed by atoms with E-state index in [9.17, 15) is 4.79 Å². The molecule has 0 aromatic heterocycles. The van der Waals surface area contributed by atoms with E-state index in [1.165, 1.54) is 24.8 Å². The van der Waals surface area contributed by atoms with Crippen LogP contribution in [0.5, 0.6) is 5.75 Å². The summed E-state index contributed by atoms with van der Waals surface area (Å²) >= 11 is 0. The molecule has 2 nitrogen and oxygen atoms in total. The highest BCUT2D eigenvalue weighted by atomic mass is 16.5. The Morgan fingerprint density at radius 1 is 1.00 bits per heavy atom. The zero-order valence-corrected chi connectivity index (χ0v) is 14.9. The first-order valence-electron chi connectivity index (χ1n) is 9.27. The number of carbonyl (C=O) groups is 1. The van der Waals surface area contributed by atoms with E-state index in [0.29, 0.717) is 29.4 Å². The molecule has 2 heteroatoms. The van der Waals surface area contributed by atoms with Gasteiger partial charge in [-0.3, -0.25) is 4.79 Å². The van der Waals surface area contributed by atoms with Crippen molar-refractivity contribution in [3.8, 4) is 5.75 Å². The van der Waals surface area contributed by atoms with Crippen LogP contribution in [0.3, 0.4) is 0 Å². The monoisotopic (exact) mass is 314 g/mol. The molecule has 1 aromatic carbocycles. The van der Waals surface area contributed by atoms with Crippen molar-refractivity contribution >= 4 is 5.97 Å². The number of carbonyl (C=O) groups excluding carboxylic acids is 1. The van der Waals surface area contributed by atoms with E-state index in [4.69, 9.17) is 4.74 Å². The molecule has 3 rings (SSSR count). The van der Waals surface area contributed by atoms with Crippen molar-refractivity contribution in [3.63, 3.8) is 0 Å². The van der Waals surface area contributed by atoms with Crippen molar-refractivity contribution in [1.82, 2.24) is 0 Å². The van der Waals surface area contributed by atoms with Crippen LogP contribution in [-0.2, 0) is 4.79 Å². The van der Waals surface area contributed by atoms with Gasteiger partial charge in [-0.1, -0.05) is 46.2 Å². The third kappa shape index (κ3) is 3.46. The zero-order valence-electron chi connectivity index (χ0n) is 14.9. The SMILES string of the molecule is CC(C)C(c1ccc(OC(=O)C2CC3CCC2C3)cc1)C(C)C. The van der Waals surface area contributed by atoms with Gasteiger partial charge in [0, 0.05) is 0 Å². The maximum atomic E-state index is 12.4. The number of benzene rings is 1. The highest BCUT2D eigenvalue weighted by molar-refractivity contribution is 5.76. The van der Waals surface area contributed by atoms with Gasteiger partial charge in [-0.15, -0.1) is 0 Å². The Bertz CT molecular complexity index is 535. The average molecular weight is 314 g/mol. The van der Waals surface area contributed by atoms with Crippen molar-refractivity contribution in [3.05, 3.63) is 29.8 Å². The van der Waals surface area contributed by atoms with E-state index in [1.54, 1.807) is 0 Å². The van der Waals surface area contributed by atoms with Crippen molar-refractivity contribution < 1.29 is 9.53 Å². The minimum atomic E-state index is -0.00535. The fourth-order valence-corrected chi connectivity index (χ4v) is 5.02. The molecular weight excluding hydrogens is 284 g/mol. The van der Waals surface area contributed by atoms with Crippen molar-refractivity contribution in [2.45, 2.75) is 59.3 Å². The number of hydrogen-bond donors (Lipinski definition) is 0. The summed E-state index contributed by atoms with van der Waals surface area (Å²) in [7, 11) is 0. The molecule has 0 saturated heterocycles. The molecule has 3 atom stereocenters. The Balaban J connectivity index is 1.64. The van der Waals surface area contributed by atoms with Gasteiger partial charge in [0.25, 0.3) is 0 Å². The molecule has 0 spiro atoms. The maximum absolute atomic E-state index is 12.4. The minimum absolute atomic E-state index is 0.00535. The Morgan fingerprint density at radius 2 is 1.65 bits per heavy atom. The standard InChI is InChI=1S/C21H30O2/c1-13(2)20(14(3)4)16-7-9-18(10-8-16)23-21(22)19-12-15-5-6-17(19)11-15/h7-10,13-15,17,19-20H,5-6,11-12H2,1-4H3. The predicted octanol–water partition coefficient (Wildman–Crippen LogP) is 5.42. The lowest BCUT2D eigenvalue weighted by atomic mass is 9.80. The van der Waals surface area contributed by atoms with Crippen LogP contribution < -0.4 is 4.74 Å². The Labute approximate surface area is 140 Å². The van der Waals surface area contributed by atoms with Gasteiger partial charge in [0.2, 0.25) is 0 Å². The fourth-order valence-electron chi connectivity index (χ4n) is 5.02. The quantitative estimate of drug-likeness (QED) is 0.535. The van der Waals surface area contributed by atoms with E-state index >= 15 is 0 Å². The predicted molar refractivity (Wildman–Crippen MR) is 93.4 cm³/mol. The summed E-state index contributed by atoms with van der Waals surface area (Å²) in [5.41, 5.74) is 1.34. The molecule has 0 aliphatic heterocycles. The van der Waals surface area contributed by atoms with Gasteiger partial charge in [0.15, 0.2) is 0 Å². The van der Waals surface area contributed by atoms with E-state index in [-0.39, 0.29) is 11.9 Å². The van der Waals surface area contributed by atoms with Crippen LogP contribution in [0.2, 0.25) is 0 Å². The van der Waals surface area contributed by atoms with Crippen LogP contribution in [0, 0.1) is 29.6 Å². The molecule has 3 unspecified atom stereocenters. The Morgan fingerprint density at radius 3 is 2.13 bits per heavy atom. The summed E-state index contributed by atoms with van der Waals surface area (Å²) in [5, 5.41) is 0. The zero-order chi connectivity index (χ0) is 16.6. The van der Waals surface area contributed by atoms with E-state index in [2.05, 4.69) is 39.8 Å². The molecule has 0 N–H and O–H groups in total. The second-order valence-corrected chi connectivity index (χ2v) is 8.29. The number of ether oxygens (including phenoxy) is 1. The molecule has 23 heavy (non-hydrogen) atoms. The molecule has 2 aliphatic rings. The van der Waals surface area contributed by atoms with E-state index in [0.717, 1.165) is 12.3 Å². The summed E-state index contributed by atoms with van der Waals surface area (Å²) in [4.78, 5) is 12.4. The second-order valence-electron chi connectivity index (χ2n) is 8.29. The normalized spacial score (nSPS) is 26.5. The number of fused-ring (bicyclic) bond motifs is 2. The molecule has 0 amide bonds. The fraction of sp³-hybridized carbons (Fsp3) is 0.667. The highest BCUT2D eigenvalue weighted by Gasteiger charge is 2.44. The first-order valence-corrected chi connectivity index (χ1v) is 9.27. The number of hydrogen-bond acceptors (Lipinski definition) is 2. The Kier molecular flexibility index (Phi) is 4.79. The number of rotatable bonds is 5. The largest absolute Gasteiger partial charge is 0.426 e. The minimum Gasteiger partial charge on any atom is -0.426 e. The maximum Gasteiger partial charge on any atom is 0.314 e. The van der Waals surface area contributed by atoms with Crippen LogP contribution in [0.4, 0.5) is 0 Å². The molecule has 2 aliphatic carbocycles. The van der Waals surface area contributed by atoms with Gasteiger partial charge < -0.3 is 4.74 Å². The highest BCUT2D eigenvalue weighted by Crippen LogP contribution is 2.48. The molecule has 0 heterocycles. The summed E-state index contributed by atoms with van der Waals surface area (Å²) in [5.74, 6) is 3.96. The first-order chi connectivity index (χ1) is 11.0. The lowest BCUT2D eigenvalue weighted by Crippen LogP contribution is -2.25. The van der Waals surface area contributed by atoms with Gasteiger partial charge in [-0.2, -0.15) is 0 Å². The molecule has 2 saturated carbocycles. The van der Waals surface area contributed by atoms with Crippen molar-refractivity contribution in [1.29, 1.82) is 0 Å². The molecular formula is C21H30O2. The number of esters is 1. The third-order valence-electron chi connectivity index (χ3n) is 5.96. The second kappa shape index (κ2) is 6.67. The van der Waals surface area contributed by atoms with Crippen LogP contribution in [0.15, 0.2) is 24.3 Å². The van der Waals surface area contributed by atoms with Gasteiger partial charge in [0.05, 0.1) is 5.92 Å². The van der Waals surface area contributed by atoms with Gasteiger partial charge >= 0.3 is 5.97 Å². The van der Waals surface area contributed by atoms with E-state index < -0.39 is 0 Å². The first kappa shape index (κ1) is 16.5. The van der Waals surface area contributed by atoms with Crippen LogP contribution >= 0.6 is 0 Å². The van der Waals surface area contributed by atoms with Crippen LogP contribution in [0.1, 0.15) is 64.9 Å². The molecule has 2 bridgehead atoms. The average Bonchev–Trinajstić information content (AvgIpc) is 3.11. The lowest BCUT2D eigenvalue weighted by molar-refractivity contribution is -0.140. The van der Waals surface area contributed by atoms with Gasteiger partial charge in [0.1, 0.15) is 5.75 Å². The van der Waals surface area contributed by atoms with Crippen molar-refractivity contribution in [2.75, 3.05) is 0 Å². The smallest absolute Gasteiger partial charge is 0.314 e. The summed E-state index contributed by atoms with van der Waals surface area (Å²) in [6, 6.07) is 8.21. The summed E-state index contributed by atoms with van der Waals surface area (Å²) in [6.45, 7) is 9.09. The molecule has 2 fully saturated rings. The van der Waals surface area contributed by atoms with Crippen LogP contribution in [-0.4, -0.2) is 5.97 Å². The topological polar surface area (TPSA) is 26.3 Å². The third-order valence-corrected chi connectivity index (χ3v) is 5.96. The van der Waals surface area contributed by atoms with Crippen LogP contribution in [0.25, 0.3) is 0 Å². The molecule has 0 radical (unpaired) electrons. The lowest BCUT2D eigenvalue weighted by Gasteiger charge is -2.25. The Hall–Kier alpha value is -1.31. The summed E-state index contributed by atoms with van der Waals surface area (Å²) in [6.07, 6.45) is 4.82. The van der Waals surface area contributed by atoms with Gasteiger partial charge in [-0.25, -0.2) is 0 Å². The van der Waals surface area contributed by atoms with Gasteiger partial charge in [-0.05, 0) is 66.5 Å². The molecule has 1 aromatic rings. The van der Waals surface area contributed by atoms with Crippen molar-refractivity contribution in [2.24, 2.45) is 29.6 Å². The van der Waals surface area contributed by atoms with E-state index in [1.807, 2.05) is 12.1 Å². The summed E-state index contributed by atoms with van der Waals surface area (Å²) < 4.78 is 5.67.